The topological polar surface area (TPSA) is 129 Å². The van der Waals surface area contributed by atoms with Gasteiger partial charge in [0.05, 0.1) is 20.9 Å². The highest BCUT2D eigenvalue weighted by atomic mass is 32.2. The minimum Gasteiger partial charge on any atom is -0.383 e. The largest absolute Gasteiger partial charge is 0.383 e. The lowest BCUT2D eigenvalue weighted by Gasteiger charge is -2.12. The van der Waals surface area contributed by atoms with Gasteiger partial charge in [0.15, 0.2) is 0 Å². The summed E-state index contributed by atoms with van der Waals surface area (Å²) in [5, 5.41) is 11.5. The molecule has 3 N–H and O–H groups in total. The van der Waals surface area contributed by atoms with Crippen LogP contribution in [0.5, 0.6) is 0 Å². The van der Waals surface area contributed by atoms with Gasteiger partial charge in [0, 0.05) is 29.9 Å². The average Bonchev–Trinajstić information content (AvgIpc) is 3.49. The van der Waals surface area contributed by atoms with Crippen molar-refractivity contribution >= 4 is 39.2 Å². The number of hydrogen-bond acceptors (Lipinski definition) is 6. The molecule has 0 radical (unpaired) electrons. The number of nitrogens with two attached hydrogens (primary N) is 1. The Labute approximate surface area is 196 Å². The molecule has 1 aliphatic carbocycles. The van der Waals surface area contributed by atoms with Gasteiger partial charge in [-0.15, -0.1) is 0 Å². The molecule has 2 aromatic carbocycles. The quantitative estimate of drug-likeness (QED) is 0.296. The first-order valence-corrected chi connectivity index (χ1v) is 11.9. The first-order chi connectivity index (χ1) is 16.4. The van der Waals surface area contributed by atoms with Gasteiger partial charge >= 0.3 is 0 Å². The van der Waals surface area contributed by atoms with Crippen molar-refractivity contribution in [2.75, 3.05) is 10.5 Å². The van der Waals surface area contributed by atoms with Gasteiger partial charge in [-0.05, 0) is 42.7 Å². The lowest BCUT2D eigenvalue weighted by molar-refractivity contribution is -0.384. The molecular formula is C23H21FN6O3S. The molecule has 1 fully saturated rings. The van der Waals surface area contributed by atoms with Crippen LogP contribution in [0.2, 0.25) is 0 Å². The summed E-state index contributed by atoms with van der Waals surface area (Å²) >= 11 is 0. The number of halogens is 1. The number of nitrogen functional groups attached to an aromatic ring is 1. The number of anilines is 2. The van der Waals surface area contributed by atoms with Gasteiger partial charge in [-0.3, -0.25) is 14.8 Å². The molecule has 34 heavy (non-hydrogen) atoms. The lowest BCUT2D eigenvalue weighted by atomic mass is 10.1. The summed E-state index contributed by atoms with van der Waals surface area (Å²) < 4.78 is 32.4. The van der Waals surface area contributed by atoms with Crippen LogP contribution in [0.25, 0.3) is 22.2 Å². The molecule has 1 atom stereocenters. The van der Waals surface area contributed by atoms with Crippen LogP contribution in [0.1, 0.15) is 31.7 Å². The van der Waals surface area contributed by atoms with Gasteiger partial charge in [0.2, 0.25) is 0 Å². The van der Waals surface area contributed by atoms with Gasteiger partial charge in [-0.2, -0.15) is 0 Å². The maximum absolute atomic E-state index is 15.0. The van der Waals surface area contributed by atoms with Gasteiger partial charge in [0.1, 0.15) is 34.6 Å². The Kier molecular flexibility index (Phi) is 5.70. The van der Waals surface area contributed by atoms with Crippen molar-refractivity contribution in [3.05, 3.63) is 70.9 Å². The van der Waals surface area contributed by atoms with Crippen LogP contribution in [0.15, 0.2) is 59.9 Å². The van der Waals surface area contributed by atoms with Gasteiger partial charge in [0.25, 0.3) is 5.69 Å². The Bertz CT molecular complexity index is 1420. The molecule has 0 aliphatic heterocycles. The number of benzene rings is 2. The molecule has 0 spiro atoms. The molecule has 0 bridgehead atoms. The van der Waals surface area contributed by atoms with Gasteiger partial charge in [-0.25, -0.2) is 18.6 Å². The van der Waals surface area contributed by atoms with Crippen molar-refractivity contribution in [1.29, 1.82) is 0 Å². The van der Waals surface area contributed by atoms with E-state index in [1.54, 1.807) is 6.07 Å². The summed E-state index contributed by atoms with van der Waals surface area (Å²) in [7, 11) is -1.80. The van der Waals surface area contributed by atoms with Crippen LogP contribution in [0, 0.1) is 15.9 Å². The van der Waals surface area contributed by atoms with Crippen LogP contribution in [-0.2, 0) is 11.0 Å². The summed E-state index contributed by atoms with van der Waals surface area (Å²) in [5.41, 5.74) is 8.19. The number of nitro benzene ring substituents is 1. The van der Waals surface area contributed by atoms with Crippen molar-refractivity contribution < 1.29 is 13.5 Å². The monoisotopic (exact) mass is 480 g/mol. The third kappa shape index (κ3) is 3.98. The predicted octanol–water partition coefficient (Wildman–Crippen LogP) is 4.98. The van der Waals surface area contributed by atoms with E-state index in [2.05, 4.69) is 19.3 Å². The lowest BCUT2D eigenvalue weighted by Crippen LogP contribution is -2.06. The van der Waals surface area contributed by atoms with Crippen molar-refractivity contribution in [2.24, 2.45) is 0 Å². The molecule has 1 saturated carbocycles. The highest BCUT2D eigenvalue weighted by Gasteiger charge is 2.23. The second-order valence-corrected chi connectivity index (χ2v) is 9.38. The Morgan fingerprint density at radius 2 is 1.88 bits per heavy atom. The van der Waals surface area contributed by atoms with Crippen molar-refractivity contribution in [3.8, 4) is 11.1 Å². The van der Waals surface area contributed by atoms with E-state index < -0.39 is 21.7 Å². The van der Waals surface area contributed by atoms with Crippen LogP contribution in [-0.4, -0.2) is 23.7 Å². The van der Waals surface area contributed by atoms with Crippen molar-refractivity contribution in [1.82, 2.24) is 14.5 Å². The van der Waals surface area contributed by atoms with E-state index in [1.807, 2.05) is 6.20 Å². The smallest absolute Gasteiger partial charge is 0.269 e. The highest BCUT2D eigenvalue weighted by molar-refractivity contribution is 7.86. The molecule has 2 aromatic heterocycles. The molecule has 1 aliphatic rings. The minimum atomic E-state index is -1.80. The average molecular weight is 481 g/mol. The minimum absolute atomic E-state index is 0.0455. The molecule has 1 unspecified atom stereocenters. The Hall–Kier alpha value is -3.86. The third-order valence-electron chi connectivity index (χ3n) is 6.10. The zero-order chi connectivity index (χ0) is 23.8. The third-order valence-corrected chi connectivity index (χ3v) is 7.21. The summed E-state index contributed by atoms with van der Waals surface area (Å²) in [6.07, 6.45) is 7.82. The van der Waals surface area contributed by atoms with Crippen molar-refractivity contribution in [2.45, 2.75) is 36.6 Å². The number of rotatable bonds is 6. The van der Waals surface area contributed by atoms with E-state index >= 15 is 4.39 Å². The number of hydrogen-bond donors (Lipinski definition) is 2. The number of nitrogens with one attached hydrogen (secondary N) is 1. The second kappa shape index (κ2) is 8.82. The first kappa shape index (κ1) is 22.0. The Morgan fingerprint density at radius 1 is 1.15 bits per heavy atom. The fourth-order valence-corrected chi connectivity index (χ4v) is 5.27. The number of nitrogens with zero attached hydrogens (tertiary/aromatic N) is 4. The standard InChI is InChI=1S/C23H21FN6O3S/c24-19-11-14(5-10-20(19)28-34(33)17-8-6-16(7-9-17)30(31)32)18-12-29(15-3-1-2-4-15)23-21(18)22(25)26-13-27-23/h5-13,15,28H,1-4H2,(H2,25,26,27). The summed E-state index contributed by atoms with van der Waals surface area (Å²) in [6, 6.07) is 10.1. The van der Waals surface area contributed by atoms with E-state index in [-0.39, 0.29) is 11.4 Å². The zero-order valence-electron chi connectivity index (χ0n) is 18.0. The fourth-order valence-electron chi connectivity index (χ4n) is 4.40. The Morgan fingerprint density at radius 3 is 2.56 bits per heavy atom. The van der Waals surface area contributed by atoms with E-state index in [0.29, 0.717) is 27.7 Å². The van der Waals surface area contributed by atoms with Crippen molar-refractivity contribution in [3.63, 3.8) is 0 Å². The molecule has 0 amide bonds. The molecular weight excluding hydrogens is 459 g/mol. The first-order valence-electron chi connectivity index (χ1n) is 10.8. The van der Waals surface area contributed by atoms with Crippen LogP contribution >= 0.6 is 0 Å². The highest BCUT2D eigenvalue weighted by Crippen LogP contribution is 2.39. The maximum Gasteiger partial charge on any atom is 0.269 e. The fraction of sp³-hybridized carbons (Fsp3) is 0.217. The summed E-state index contributed by atoms with van der Waals surface area (Å²) in [6.45, 7) is 0. The normalized spacial score (nSPS) is 15.0. The van der Waals surface area contributed by atoms with Crippen LogP contribution in [0.4, 0.5) is 21.6 Å². The molecule has 5 rings (SSSR count). The van der Waals surface area contributed by atoms with Gasteiger partial charge in [-0.1, -0.05) is 18.9 Å². The molecule has 0 saturated heterocycles. The number of non-ortho nitro benzene ring substituents is 1. The Balaban J connectivity index is 1.46. The SMILES string of the molecule is Nc1ncnc2c1c(-c1ccc(NS(=O)c3ccc([N+](=O)[O-])cc3)c(F)c1)cn2C1CCCC1. The molecule has 9 nitrogen and oxygen atoms in total. The number of nitro groups is 1. The van der Waals surface area contributed by atoms with E-state index in [0.717, 1.165) is 36.9 Å². The van der Waals surface area contributed by atoms with Crippen LogP contribution < -0.4 is 10.5 Å². The molecule has 4 aromatic rings. The van der Waals surface area contributed by atoms with Crippen LogP contribution in [0.3, 0.4) is 0 Å². The van der Waals surface area contributed by atoms with Gasteiger partial charge < -0.3 is 10.3 Å². The van der Waals surface area contributed by atoms with E-state index in [1.165, 1.54) is 42.7 Å². The number of fused-ring (bicyclic) bond motifs is 1. The molecule has 2 heterocycles. The van der Waals surface area contributed by atoms with E-state index in [4.69, 9.17) is 5.73 Å². The molecule has 174 valence electrons. The maximum atomic E-state index is 15.0. The summed E-state index contributed by atoms with van der Waals surface area (Å²) in [4.78, 5) is 19.1. The molecule has 11 heteroatoms. The number of aromatic nitrogens is 3. The zero-order valence-corrected chi connectivity index (χ0v) is 18.8. The summed E-state index contributed by atoms with van der Waals surface area (Å²) in [5.74, 6) is -0.261. The second-order valence-electron chi connectivity index (χ2n) is 8.16. The van der Waals surface area contributed by atoms with E-state index in [9.17, 15) is 14.3 Å². The predicted molar refractivity (Wildman–Crippen MR) is 128 cm³/mol.